The fraction of sp³-hybridized carbons (Fsp3) is 1.00. The van der Waals surface area contributed by atoms with Crippen molar-refractivity contribution in [2.45, 2.75) is 37.3 Å². The Bertz CT molecular complexity index is 185. The van der Waals surface area contributed by atoms with E-state index in [1.54, 1.807) is 13.8 Å². The lowest BCUT2D eigenvalue weighted by molar-refractivity contribution is -0.107. The van der Waals surface area contributed by atoms with Gasteiger partial charge in [0.2, 0.25) is 0 Å². The number of aliphatic hydroxyl groups is 2. The molecule has 2 aliphatic rings. The molecular weight excluding hydrogens is 160 g/mol. The van der Waals surface area contributed by atoms with Gasteiger partial charge < -0.3 is 19.7 Å². The van der Waals surface area contributed by atoms with Crippen molar-refractivity contribution in [1.82, 2.24) is 0 Å². The van der Waals surface area contributed by atoms with Crippen LogP contribution in [0.1, 0.15) is 13.8 Å². The fourth-order valence-corrected chi connectivity index (χ4v) is 1.96. The van der Waals surface area contributed by atoms with Gasteiger partial charge >= 0.3 is 0 Å². The predicted molar refractivity (Wildman–Crippen MR) is 40.7 cm³/mol. The monoisotopic (exact) mass is 174 g/mol. The summed E-state index contributed by atoms with van der Waals surface area (Å²) in [6.45, 7) is 4.04. The van der Waals surface area contributed by atoms with Gasteiger partial charge in [-0.05, 0) is 13.8 Å². The van der Waals surface area contributed by atoms with E-state index < -0.39 is 23.4 Å². The van der Waals surface area contributed by atoms with E-state index >= 15 is 0 Å². The first-order chi connectivity index (χ1) is 5.51. The molecule has 4 atom stereocenters. The summed E-state index contributed by atoms with van der Waals surface area (Å²) in [5, 5.41) is 19.2. The molecule has 0 aromatic heterocycles. The highest BCUT2D eigenvalue weighted by molar-refractivity contribution is 5.13. The van der Waals surface area contributed by atoms with Crippen LogP contribution >= 0.6 is 0 Å². The van der Waals surface area contributed by atoms with Crippen LogP contribution in [0.3, 0.4) is 0 Å². The highest BCUT2D eigenvalue weighted by Crippen LogP contribution is 2.45. The maximum Gasteiger partial charge on any atom is 0.125 e. The molecule has 0 aromatic carbocycles. The summed E-state index contributed by atoms with van der Waals surface area (Å²) < 4.78 is 10.7. The maximum atomic E-state index is 9.58. The van der Waals surface area contributed by atoms with Crippen LogP contribution in [0.25, 0.3) is 0 Å². The van der Waals surface area contributed by atoms with Crippen molar-refractivity contribution < 1.29 is 19.7 Å². The normalized spacial score (nSPS) is 59.0. The van der Waals surface area contributed by atoms with Gasteiger partial charge in [-0.3, -0.25) is 0 Å². The summed E-state index contributed by atoms with van der Waals surface area (Å²) in [5.41, 5.74) is -1.49. The Hall–Kier alpha value is -0.160. The lowest BCUT2D eigenvalue weighted by atomic mass is 9.83. The van der Waals surface area contributed by atoms with Gasteiger partial charge in [-0.2, -0.15) is 0 Å². The number of aliphatic hydroxyl groups excluding tert-OH is 2. The SMILES string of the molecule is C[C@]12OC[C@@H](O)[C@@]1(C)OC[C@H]2O. The zero-order valence-corrected chi connectivity index (χ0v) is 7.28. The van der Waals surface area contributed by atoms with Crippen LogP contribution < -0.4 is 0 Å². The molecule has 2 fully saturated rings. The first kappa shape index (κ1) is 8.44. The highest BCUT2D eigenvalue weighted by atomic mass is 16.6. The Morgan fingerprint density at radius 1 is 1.00 bits per heavy atom. The van der Waals surface area contributed by atoms with Crippen molar-refractivity contribution >= 4 is 0 Å². The molecular formula is C8H14O4. The van der Waals surface area contributed by atoms with Crippen LogP contribution in [0.15, 0.2) is 0 Å². The number of fused-ring (bicyclic) bond motifs is 1. The molecule has 4 heteroatoms. The molecule has 0 spiro atoms. The van der Waals surface area contributed by atoms with Crippen molar-refractivity contribution in [2.75, 3.05) is 13.2 Å². The van der Waals surface area contributed by atoms with Crippen LogP contribution in [0.5, 0.6) is 0 Å². The topological polar surface area (TPSA) is 58.9 Å². The van der Waals surface area contributed by atoms with E-state index in [0.717, 1.165) is 0 Å². The molecule has 2 N–H and O–H groups in total. The van der Waals surface area contributed by atoms with Crippen molar-refractivity contribution in [3.63, 3.8) is 0 Å². The second kappa shape index (κ2) is 2.20. The van der Waals surface area contributed by atoms with E-state index in [0.29, 0.717) is 0 Å². The lowest BCUT2D eigenvalue weighted by Gasteiger charge is -2.33. The summed E-state index contributed by atoms with van der Waals surface area (Å²) in [6.07, 6.45) is -1.28. The van der Waals surface area contributed by atoms with Crippen molar-refractivity contribution in [3.05, 3.63) is 0 Å². The van der Waals surface area contributed by atoms with E-state index in [2.05, 4.69) is 0 Å². The summed E-state index contributed by atoms with van der Waals surface area (Å²) in [6, 6.07) is 0. The molecule has 0 amide bonds. The third kappa shape index (κ3) is 0.713. The summed E-state index contributed by atoms with van der Waals surface area (Å²) in [7, 11) is 0. The third-order valence-corrected chi connectivity index (χ3v) is 3.34. The number of hydrogen-bond donors (Lipinski definition) is 2. The zero-order chi connectivity index (χ0) is 8.98. The van der Waals surface area contributed by atoms with Crippen LogP contribution in [0.4, 0.5) is 0 Å². The Morgan fingerprint density at radius 2 is 1.33 bits per heavy atom. The molecule has 4 nitrogen and oxygen atoms in total. The van der Waals surface area contributed by atoms with Gasteiger partial charge in [0.1, 0.15) is 23.4 Å². The van der Waals surface area contributed by atoms with Gasteiger partial charge in [0, 0.05) is 0 Å². The Balaban J connectivity index is 2.37. The molecule has 0 aliphatic carbocycles. The molecule has 2 saturated heterocycles. The van der Waals surface area contributed by atoms with E-state index in [-0.39, 0.29) is 13.2 Å². The molecule has 0 saturated carbocycles. The molecule has 12 heavy (non-hydrogen) atoms. The standard InChI is InChI=1S/C8H14O4/c1-7-5(9)3-12-8(7,2)6(10)4-11-7/h5-6,9-10H,3-4H2,1-2H3/t5-,6-,7-,8-/m1/s1. The van der Waals surface area contributed by atoms with Crippen LogP contribution in [-0.2, 0) is 9.47 Å². The molecule has 0 aromatic rings. The minimum Gasteiger partial charge on any atom is -0.388 e. The maximum absolute atomic E-state index is 9.58. The van der Waals surface area contributed by atoms with Gasteiger partial charge in [-0.25, -0.2) is 0 Å². The Kier molecular flexibility index (Phi) is 1.55. The van der Waals surface area contributed by atoms with Gasteiger partial charge in [0.05, 0.1) is 13.2 Å². The minimum absolute atomic E-state index is 0.240. The van der Waals surface area contributed by atoms with Crippen LogP contribution in [0, 0.1) is 0 Å². The zero-order valence-electron chi connectivity index (χ0n) is 7.28. The van der Waals surface area contributed by atoms with Crippen LogP contribution in [-0.4, -0.2) is 46.8 Å². The average molecular weight is 174 g/mol. The highest BCUT2D eigenvalue weighted by Gasteiger charge is 2.64. The molecule has 0 radical (unpaired) electrons. The van der Waals surface area contributed by atoms with Gasteiger partial charge in [-0.15, -0.1) is 0 Å². The van der Waals surface area contributed by atoms with E-state index in [1.807, 2.05) is 0 Å². The van der Waals surface area contributed by atoms with Crippen molar-refractivity contribution in [2.24, 2.45) is 0 Å². The van der Waals surface area contributed by atoms with Crippen molar-refractivity contribution in [1.29, 1.82) is 0 Å². The van der Waals surface area contributed by atoms with Gasteiger partial charge in [-0.1, -0.05) is 0 Å². The Morgan fingerprint density at radius 3 is 1.67 bits per heavy atom. The third-order valence-electron chi connectivity index (χ3n) is 3.34. The molecule has 0 unspecified atom stereocenters. The lowest BCUT2D eigenvalue weighted by Crippen LogP contribution is -2.53. The molecule has 2 aliphatic heterocycles. The largest absolute Gasteiger partial charge is 0.388 e. The number of rotatable bonds is 0. The van der Waals surface area contributed by atoms with Crippen molar-refractivity contribution in [3.8, 4) is 0 Å². The average Bonchev–Trinajstić information content (AvgIpc) is 2.39. The van der Waals surface area contributed by atoms with Gasteiger partial charge in [0.25, 0.3) is 0 Å². The summed E-state index contributed by atoms with van der Waals surface area (Å²) in [5.74, 6) is 0. The quantitative estimate of drug-likeness (QED) is 0.509. The van der Waals surface area contributed by atoms with E-state index in [4.69, 9.17) is 9.47 Å². The smallest absolute Gasteiger partial charge is 0.125 e. The molecule has 70 valence electrons. The van der Waals surface area contributed by atoms with Crippen LogP contribution in [0.2, 0.25) is 0 Å². The number of ether oxygens (including phenoxy) is 2. The minimum atomic E-state index is -0.744. The fourth-order valence-electron chi connectivity index (χ4n) is 1.96. The summed E-state index contributed by atoms with van der Waals surface area (Å²) in [4.78, 5) is 0. The predicted octanol–water partition coefficient (Wildman–Crippen LogP) is -0.714. The Labute approximate surface area is 71.1 Å². The first-order valence-corrected chi connectivity index (χ1v) is 4.15. The molecule has 2 rings (SSSR count). The van der Waals surface area contributed by atoms with E-state index in [9.17, 15) is 10.2 Å². The number of hydrogen-bond acceptors (Lipinski definition) is 4. The van der Waals surface area contributed by atoms with E-state index in [1.165, 1.54) is 0 Å². The first-order valence-electron chi connectivity index (χ1n) is 4.15. The second-order valence-corrected chi connectivity index (χ2v) is 3.87. The molecule has 0 bridgehead atoms. The molecule has 2 heterocycles. The second-order valence-electron chi connectivity index (χ2n) is 3.87. The summed E-state index contributed by atoms with van der Waals surface area (Å²) >= 11 is 0. The van der Waals surface area contributed by atoms with Gasteiger partial charge in [0.15, 0.2) is 0 Å².